The number of hydrogen-bond donors (Lipinski definition) is 2. The predicted octanol–water partition coefficient (Wildman–Crippen LogP) is 2.85. The fourth-order valence-corrected chi connectivity index (χ4v) is 3.51. The summed E-state index contributed by atoms with van der Waals surface area (Å²) in [5.41, 5.74) is 4.73. The molecule has 7 nitrogen and oxygen atoms in total. The van der Waals surface area contributed by atoms with Crippen LogP contribution in [0.25, 0.3) is 0 Å². The summed E-state index contributed by atoms with van der Waals surface area (Å²) in [5.74, 6) is 0.738. The van der Waals surface area contributed by atoms with Crippen LogP contribution < -0.4 is 20.2 Å². The van der Waals surface area contributed by atoms with E-state index in [0.717, 1.165) is 31.4 Å². The predicted molar refractivity (Wildman–Crippen MR) is 110 cm³/mol. The lowest BCUT2D eigenvalue weighted by molar-refractivity contribution is 0.0957. The zero-order valence-electron chi connectivity index (χ0n) is 16.0. The Bertz CT molecular complexity index is 831. The van der Waals surface area contributed by atoms with Crippen molar-refractivity contribution < 1.29 is 14.3 Å². The molecular weight excluding hydrogens is 376 g/mol. The number of piperidine rings is 1. The maximum absolute atomic E-state index is 12.6. The lowest BCUT2D eigenvalue weighted by atomic mass is 9.98. The van der Waals surface area contributed by atoms with E-state index >= 15 is 0 Å². The number of nitrogens with zero attached hydrogens (tertiary/aromatic N) is 2. The number of thiocarbonyl (C=S) groups is 1. The van der Waals surface area contributed by atoms with Gasteiger partial charge in [-0.05, 0) is 54.9 Å². The number of ether oxygens (including phenoxy) is 2. The molecule has 8 heteroatoms. The Balaban J connectivity index is 1.65. The van der Waals surface area contributed by atoms with Gasteiger partial charge in [0.1, 0.15) is 0 Å². The van der Waals surface area contributed by atoms with E-state index in [2.05, 4.69) is 26.8 Å². The molecule has 28 heavy (non-hydrogen) atoms. The number of carbonyl (C=O) groups is 1. The molecule has 1 amide bonds. The van der Waals surface area contributed by atoms with Gasteiger partial charge in [-0.3, -0.25) is 20.5 Å². The lowest BCUT2D eigenvalue weighted by Gasteiger charge is -2.36. The van der Waals surface area contributed by atoms with E-state index in [1.807, 2.05) is 12.3 Å². The van der Waals surface area contributed by atoms with Crippen LogP contribution in [0.3, 0.4) is 0 Å². The molecule has 1 saturated heterocycles. The first-order chi connectivity index (χ1) is 13.6. The Morgan fingerprint density at radius 3 is 2.75 bits per heavy atom. The van der Waals surface area contributed by atoms with E-state index in [1.54, 1.807) is 31.5 Å². The zero-order valence-corrected chi connectivity index (χ0v) is 16.8. The first kappa shape index (κ1) is 20.0. The Hall–Kier alpha value is -2.71. The molecule has 1 aliphatic rings. The summed E-state index contributed by atoms with van der Waals surface area (Å²) < 4.78 is 10.4. The van der Waals surface area contributed by atoms with E-state index < -0.39 is 0 Å². The van der Waals surface area contributed by atoms with Crippen LogP contribution in [0.2, 0.25) is 0 Å². The van der Waals surface area contributed by atoms with Crippen LogP contribution in [0.15, 0.2) is 42.7 Å². The molecular formula is C20H24N4O3S. The van der Waals surface area contributed by atoms with Gasteiger partial charge >= 0.3 is 0 Å². The number of benzene rings is 1. The van der Waals surface area contributed by atoms with E-state index in [9.17, 15) is 4.79 Å². The molecule has 0 radical (unpaired) electrons. The molecule has 0 spiro atoms. The highest BCUT2D eigenvalue weighted by Gasteiger charge is 2.25. The van der Waals surface area contributed by atoms with Crippen molar-refractivity contribution in [3.05, 3.63) is 53.9 Å². The number of methoxy groups -OCH3 is 2. The third-order valence-corrected chi connectivity index (χ3v) is 4.88. The maximum atomic E-state index is 12.6. The quantitative estimate of drug-likeness (QED) is 0.748. The van der Waals surface area contributed by atoms with E-state index in [-0.39, 0.29) is 17.1 Å². The zero-order chi connectivity index (χ0) is 19.9. The molecule has 2 aromatic rings. The van der Waals surface area contributed by atoms with Gasteiger partial charge in [0.05, 0.1) is 20.3 Å². The SMILES string of the molecule is COc1ccc(C(=O)NC(=S)NN2CCCC[C@@H]2c2cccnc2)cc1OC. The fraction of sp³-hybridized carbons (Fsp3) is 0.350. The van der Waals surface area contributed by atoms with Crippen LogP contribution in [-0.2, 0) is 0 Å². The Labute approximate surface area is 170 Å². The van der Waals surface area contributed by atoms with Crippen molar-refractivity contribution in [2.45, 2.75) is 25.3 Å². The molecule has 0 saturated carbocycles. The van der Waals surface area contributed by atoms with Crippen molar-refractivity contribution in [2.75, 3.05) is 20.8 Å². The van der Waals surface area contributed by atoms with Gasteiger partial charge < -0.3 is 9.47 Å². The maximum Gasteiger partial charge on any atom is 0.257 e. The summed E-state index contributed by atoms with van der Waals surface area (Å²) in [4.78, 5) is 16.8. The number of nitrogens with one attached hydrogen (secondary N) is 2. The molecule has 3 rings (SSSR count). The lowest BCUT2D eigenvalue weighted by Crippen LogP contribution is -2.51. The average Bonchev–Trinajstić information content (AvgIpc) is 2.74. The monoisotopic (exact) mass is 400 g/mol. The molecule has 1 atom stereocenters. The fourth-order valence-electron chi connectivity index (χ4n) is 3.30. The third kappa shape index (κ3) is 4.76. The van der Waals surface area contributed by atoms with Crippen LogP contribution in [-0.4, -0.2) is 41.8 Å². The molecule has 2 heterocycles. The molecule has 1 fully saturated rings. The first-order valence-electron chi connectivity index (χ1n) is 9.13. The summed E-state index contributed by atoms with van der Waals surface area (Å²) in [5, 5.41) is 5.06. The van der Waals surface area contributed by atoms with E-state index in [0.29, 0.717) is 17.1 Å². The topological polar surface area (TPSA) is 75.7 Å². The molecule has 0 unspecified atom stereocenters. The van der Waals surface area contributed by atoms with Gasteiger partial charge in [0.2, 0.25) is 0 Å². The summed E-state index contributed by atoms with van der Waals surface area (Å²) in [6.45, 7) is 0.839. The van der Waals surface area contributed by atoms with Gasteiger partial charge in [-0.15, -0.1) is 0 Å². The average molecular weight is 401 g/mol. The van der Waals surface area contributed by atoms with Gasteiger partial charge in [-0.25, -0.2) is 5.01 Å². The summed E-state index contributed by atoms with van der Waals surface area (Å²) in [6, 6.07) is 9.13. The van der Waals surface area contributed by atoms with Gasteiger partial charge in [0.25, 0.3) is 5.91 Å². The second-order valence-electron chi connectivity index (χ2n) is 6.46. The molecule has 1 aromatic heterocycles. The van der Waals surface area contributed by atoms with Gasteiger partial charge in [-0.2, -0.15) is 0 Å². The number of pyridine rings is 1. The van der Waals surface area contributed by atoms with Crippen molar-refractivity contribution in [1.29, 1.82) is 0 Å². The number of hydrogen-bond acceptors (Lipinski definition) is 6. The van der Waals surface area contributed by atoms with Gasteiger partial charge in [-0.1, -0.05) is 12.5 Å². The Kier molecular flexibility index (Phi) is 6.78. The summed E-state index contributed by atoms with van der Waals surface area (Å²) in [6.07, 6.45) is 6.84. The Morgan fingerprint density at radius 2 is 2.04 bits per heavy atom. The standard InChI is InChI=1S/C20H24N4O3S/c1-26-17-9-8-14(12-18(17)27-2)19(25)22-20(28)23-24-11-4-3-7-16(24)15-6-5-10-21-13-15/h5-6,8-10,12-13,16H,3-4,7,11H2,1-2H3,(H2,22,23,25,28)/t16-/m1/s1. The smallest absolute Gasteiger partial charge is 0.257 e. The molecule has 1 aliphatic heterocycles. The minimum absolute atomic E-state index is 0.165. The minimum Gasteiger partial charge on any atom is -0.493 e. The van der Waals surface area contributed by atoms with Crippen molar-refractivity contribution in [3.8, 4) is 11.5 Å². The molecule has 1 aromatic carbocycles. The van der Waals surface area contributed by atoms with Crippen LogP contribution >= 0.6 is 12.2 Å². The molecule has 2 N–H and O–H groups in total. The summed E-state index contributed by atoms with van der Waals surface area (Å²) in [7, 11) is 3.08. The van der Waals surface area contributed by atoms with Crippen molar-refractivity contribution in [1.82, 2.24) is 20.7 Å². The van der Waals surface area contributed by atoms with Crippen LogP contribution in [0.5, 0.6) is 11.5 Å². The van der Waals surface area contributed by atoms with E-state index in [4.69, 9.17) is 21.7 Å². The number of carbonyl (C=O) groups excluding carboxylic acids is 1. The second-order valence-corrected chi connectivity index (χ2v) is 6.86. The van der Waals surface area contributed by atoms with Crippen LogP contribution in [0.1, 0.15) is 41.2 Å². The number of hydrazine groups is 1. The Morgan fingerprint density at radius 1 is 1.21 bits per heavy atom. The van der Waals surface area contributed by atoms with Gasteiger partial charge in [0.15, 0.2) is 16.6 Å². The number of amides is 1. The number of rotatable bonds is 5. The highest BCUT2D eigenvalue weighted by Crippen LogP contribution is 2.29. The molecule has 148 valence electrons. The second kappa shape index (κ2) is 9.48. The number of aromatic nitrogens is 1. The highest BCUT2D eigenvalue weighted by atomic mass is 32.1. The first-order valence-corrected chi connectivity index (χ1v) is 9.53. The minimum atomic E-state index is -0.312. The molecule has 0 bridgehead atoms. The highest BCUT2D eigenvalue weighted by molar-refractivity contribution is 7.80. The largest absolute Gasteiger partial charge is 0.493 e. The van der Waals surface area contributed by atoms with Crippen LogP contribution in [0, 0.1) is 0 Å². The van der Waals surface area contributed by atoms with Crippen LogP contribution in [0.4, 0.5) is 0 Å². The normalized spacial score (nSPS) is 16.9. The van der Waals surface area contributed by atoms with Crippen molar-refractivity contribution in [2.24, 2.45) is 0 Å². The molecule has 0 aliphatic carbocycles. The van der Waals surface area contributed by atoms with Gasteiger partial charge in [0, 0.05) is 24.5 Å². The van der Waals surface area contributed by atoms with Crippen molar-refractivity contribution in [3.63, 3.8) is 0 Å². The van der Waals surface area contributed by atoms with Crippen molar-refractivity contribution >= 4 is 23.2 Å². The summed E-state index contributed by atoms with van der Waals surface area (Å²) >= 11 is 5.37. The third-order valence-electron chi connectivity index (χ3n) is 4.69. The van der Waals surface area contributed by atoms with E-state index in [1.165, 1.54) is 7.11 Å².